The van der Waals surface area contributed by atoms with Crippen molar-refractivity contribution >= 4 is 0 Å². The molecular weight excluding hydrogens is 307 g/mol. The zero-order valence-electron chi connectivity index (χ0n) is 15.0. The van der Waals surface area contributed by atoms with Gasteiger partial charge in [-0.05, 0) is 58.7 Å². The number of halogens is 1. The van der Waals surface area contributed by atoms with Gasteiger partial charge < -0.3 is 0 Å². The molecule has 0 amide bonds. The fraction of sp³-hybridized carbons (Fsp3) is 0.250. The number of hydrogen-bond acceptors (Lipinski definition) is 0. The molecule has 1 atom stereocenters. The molecular formula is C24H25F. The van der Waals surface area contributed by atoms with Crippen molar-refractivity contribution in [3.63, 3.8) is 0 Å². The molecule has 0 saturated carbocycles. The second-order valence-electron chi connectivity index (χ2n) is 6.91. The average molecular weight is 332 g/mol. The third kappa shape index (κ3) is 4.79. The van der Waals surface area contributed by atoms with Crippen LogP contribution in [0.1, 0.15) is 37.0 Å². The summed E-state index contributed by atoms with van der Waals surface area (Å²) in [6.07, 6.45) is 3.19. The highest BCUT2D eigenvalue weighted by atomic mass is 19.1. The molecule has 128 valence electrons. The van der Waals surface area contributed by atoms with Crippen molar-refractivity contribution in [2.45, 2.75) is 33.1 Å². The van der Waals surface area contributed by atoms with Crippen molar-refractivity contribution in [3.8, 4) is 11.1 Å². The SMILES string of the molecule is CCC(C)Cc1ccc(-c2ccc(Cc3ccc(F)cc3)cc2)cc1. The monoisotopic (exact) mass is 332 g/mol. The van der Waals surface area contributed by atoms with E-state index in [2.05, 4.69) is 62.4 Å². The van der Waals surface area contributed by atoms with Gasteiger partial charge in [-0.3, -0.25) is 0 Å². The fourth-order valence-electron chi connectivity index (χ4n) is 3.03. The molecule has 0 heterocycles. The van der Waals surface area contributed by atoms with Crippen LogP contribution < -0.4 is 0 Å². The van der Waals surface area contributed by atoms with Crippen molar-refractivity contribution in [1.29, 1.82) is 0 Å². The van der Waals surface area contributed by atoms with E-state index in [0.29, 0.717) is 0 Å². The molecule has 0 saturated heterocycles. The highest BCUT2D eigenvalue weighted by Crippen LogP contribution is 2.22. The van der Waals surface area contributed by atoms with Crippen LogP contribution in [-0.4, -0.2) is 0 Å². The Kier molecular flexibility index (Phi) is 5.65. The van der Waals surface area contributed by atoms with Crippen LogP contribution in [0.5, 0.6) is 0 Å². The largest absolute Gasteiger partial charge is 0.207 e. The fourth-order valence-corrected chi connectivity index (χ4v) is 3.03. The maximum atomic E-state index is 13.0. The molecule has 0 fully saturated rings. The summed E-state index contributed by atoms with van der Waals surface area (Å²) in [5.74, 6) is 0.549. The second-order valence-corrected chi connectivity index (χ2v) is 6.91. The summed E-state index contributed by atoms with van der Waals surface area (Å²) in [6.45, 7) is 4.54. The lowest BCUT2D eigenvalue weighted by atomic mass is 9.96. The van der Waals surface area contributed by atoms with Gasteiger partial charge in [-0.1, -0.05) is 80.9 Å². The number of rotatable bonds is 6. The van der Waals surface area contributed by atoms with Gasteiger partial charge in [-0.15, -0.1) is 0 Å². The van der Waals surface area contributed by atoms with E-state index < -0.39 is 0 Å². The first-order valence-electron chi connectivity index (χ1n) is 9.06. The second kappa shape index (κ2) is 8.11. The Morgan fingerprint density at radius 2 is 1.12 bits per heavy atom. The summed E-state index contributed by atoms with van der Waals surface area (Å²) < 4.78 is 13.0. The predicted octanol–water partition coefficient (Wildman–Crippen LogP) is 6.67. The van der Waals surface area contributed by atoms with E-state index in [0.717, 1.165) is 24.3 Å². The Morgan fingerprint density at radius 3 is 1.60 bits per heavy atom. The first kappa shape index (κ1) is 17.4. The summed E-state index contributed by atoms with van der Waals surface area (Å²) in [7, 11) is 0. The van der Waals surface area contributed by atoms with Crippen LogP contribution >= 0.6 is 0 Å². The molecule has 0 radical (unpaired) electrons. The third-order valence-electron chi connectivity index (χ3n) is 4.84. The highest BCUT2D eigenvalue weighted by Gasteiger charge is 2.03. The lowest BCUT2D eigenvalue weighted by Gasteiger charge is -2.09. The van der Waals surface area contributed by atoms with Gasteiger partial charge in [0.15, 0.2) is 0 Å². The van der Waals surface area contributed by atoms with Gasteiger partial charge in [-0.25, -0.2) is 4.39 Å². The minimum absolute atomic E-state index is 0.184. The molecule has 0 spiro atoms. The third-order valence-corrected chi connectivity index (χ3v) is 4.84. The first-order chi connectivity index (χ1) is 12.1. The zero-order valence-corrected chi connectivity index (χ0v) is 15.0. The Bertz CT molecular complexity index is 783. The van der Waals surface area contributed by atoms with Gasteiger partial charge >= 0.3 is 0 Å². The van der Waals surface area contributed by atoms with Gasteiger partial charge in [0.2, 0.25) is 0 Å². The van der Waals surface area contributed by atoms with Crippen LogP contribution in [0.15, 0.2) is 72.8 Å². The molecule has 0 aliphatic carbocycles. The molecule has 25 heavy (non-hydrogen) atoms. The number of benzene rings is 3. The summed E-state index contributed by atoms with van der Waals surface area (Å²) >= 11 is 0. The number of hydrogen-bond donors (Lipinski definition) is 0. The van der Waals surface area contributed by atoms with Crippen molar-refractivity contribution in [2.24, 2.45) is 5.92 Å². The van der Waals surface area contributed by atoms with Crippen LogP contribution in [0, 0.1) is 11.7 Å². The van der Waals surface area contributed by atoms with E-state index in [-0.39, 0.29) is 5.82 Å². The van der Waals surface area contributed by atoms with E-state index in [1.165, 1.54) is 40.8 Å². The lowest BCUT2D eigenvalue weighted by molar-refractivity contribution is 0.560. The summed E-state index contributed by atoms with van der Waals surface area (Å²) in [5.41, 5.74) is 6.26. The molecule has 3 aromatic carbocycles. The quantitative estimate of drug-likeness (QED) is 0.473. The standard InChI is InChI=1S/C24H25F/c1-3-18(2)16-19-4-10-22(11-5-19)23-12-6-20(7-13-23)17-21-8-14-24(25)15-9-21/h4-15,18H,3,16-17H2,1-2H3. The van der Waals surface area contributed by atoms with Crippen LogP contribution in [-0.2, 0) is 12.8 Å². The van der Waals surface area contributed by atoms with Gasteiger partial charge in [0, 0.05) is 0 Å². The van der Waals surface area contributed by atoms with Crippen molar-refractivity contribution in [2.75, 3.05) is 0 Å². The molecule has 0 bridgehead atoms. The van der Waals surface area contributed by atoms with Crippen LogP contribution in [0.3, 0.4) is 0 Å². The molecule has 0 aliphatic heterocycles. The minimum atomic E-state index is -0.184. The van der Waals surface area contributed by atoms with Gasteiger partial charge in [-0.2, -0.15) is 0 Å². The average Bonchev–Trinajstić information content (AvgIpc) is 2.65. The van der Waals surface area contributed by atoms with Crippen molar-refractivity contribution in [1.82, 2.24) is 0 Å². The lowest BCUT2D eigenvalue weighted by Crippen LogP contribution is -1.97. The smallest absolute Gasteiger partial charge is 0.123 e. The molecule has 3 rings (SSSR count). The molecule has 3 aromatic rings. The summed E-state index contributed by atoms with van der Waals surface area (Å²) in [6, 6.07) is 24.3. The maximum absolute atomic E-state index is 13.0. The Balaban J connectivity index is 1.68. The summed E-state index contributed by atoms with van der Waals surface area (Å²) in [4.78, 5) is 0. The first-order valence-corrected chi connectivity index (χ1v) is 9.06. The molecule has 0 N–H and O–H groups in total. The molecule has 0 nitrogen and oxygen atoms in total. The highest BCUT2D eigenvalue weighted by molar-refractivity contribution is 5.64. The van der Waals surface area contributed by atoms with Crippen LogP contribution in [0.4, 0.5) is 4.39 Å². The van der Waals surface area contributed by atoms with E-state index in [4.69, 9.17) is 0 Å². The summed E-state index contributed by atoms with van der Waals surface area (Å²) in [5, 5.41) is 0. The van der Waals surface area contributed by atoms with Crippen molar-refractivity contribution in [3.05, 3.63) is 95.3 Å². The normalized spacial score (nSPS) is 12.1. The Hall–Kier alpha value is -2.41. The van der Waals surface area contributed by atoms with Gasteiger partial charge in [0.1, 0.15) is 5.82 Å². The van der Waals surface area contributed by atoms with E-state index in [1.54, 1.807) is 0 Å². The molecule has 0 aromatic heterocycles. The topological polar surface area (TPSA) is 0 Å². The Labute approximate surface area is 150 Å². The van der Waals surface area contributed by atoms with Gasteiger partial charge in [0.05, 0.1) is 0 Å². The zero-order chi connectivity index (χ0) is 17.6. The minimum Gasteiger partial charge on any atom is -0.207 e. The van der Waals surface area contributed by atoms with E-state index in [9.17, 15) is 4.39 Å². The molecule has 1 heteroatoms. The predicted molar refractivity (Wildman–Crippen MR) is 104 cm³/mol. The molecule has 0 aliphatic rings. The Morgan fingerprint density at radius 1 is 0.680 bits per heavy atom. The van der Waals surface area contributed by atoms with Crippen LogP contribution in [0.25, 0.3) is 11.1 Å². The van der Waals surface area contributed by atoms with E-state index >= 15 is 0 Å². The van der Waals surface area contributed by atoms with E-state index in [1.807, 2.05) is 12.1 Å². The maximum Gasteiger partial charge on any atom is 0.123 e. The van der Waals surface area contributed by atoms with Gasteiger partial charge in [0.25, 0.3) is 0 Å². The molecule has 1 unspecified atom stereocenters. The van der Waals surface area contributed by atoms with Crippen LogP contribution in [0.2, 0.25) is 0 Å². The van der Waals surface area contributed by atoms with Crippen molar-refractivity contribution < 1.29 is 4.39 Å².